The van der Waals surface area contributed by atoms with E-state index in [9.17, 15) is 4.79 Å². The second-order valence-electron chi connectivity index (χ2n) is 2.96. The fourth-order valence-electron chi connectivity index (χ4n) is 1.34. The van der Waals surface area contributed by atoms with Gasteiger partial charge >= 0.3 is 6.03 Å². The van der Waals surface area contributed by atoms with Crippen molar-refractivity contribution in [1.82, 2.24) is 10.2 Å². The van der Waals surface area contributed by atoms with Crippen molar-refractivity contribution in [3.05, 3.63) is 0 Å². The summed E-state index contributed by atoms with van der Waals surface area (Å²) in [7, 11) is 1.57. The molecule has 0 bridgehead atoms. The van der Waals surface area contributed by atoms with E-state index >= 15 is 0 Å². The molecule has 0 aromatic rings. The first-order valence-corrected chi connectivity index (χ1v) is 4.36. The molecule has 70 valence electrons. The van der Waals surface area contributed by atoms with Gasteiger partial charge in [0.2, 0.25) is 0 Å². The van der Waals surface area contributed by atoms with Crippen LogP contribution in [0.1, 0.15) is 19.3 Å². The summed E-state index contributed by atoms with van der Waals surface area (Å²) in [6, 6.07) is -0.00319. The molecule has 1 N–H and O–H groups in total. The molecule has 0 spiro atoms. The number of carbonyl (C=O) groups excluding carboxylic acids is 1. The van der Waals surface area contributed by atoms with Crippen molar-refractivity contribution in [3.8, 4) is 0 Å². The number of ether oxygens (including phenoxy) is 1. The molecule has 2 amide bonds. The van der Waals surface area contributed by atoms with Crippen LogP contribution in [-0.4, -0.2) is 37.9 Å². The van der Waals surface area contributed by atoms with Crippen LogP contribution >= 0.6 is 0 Å². The van der Waals surface area contributed by atoms with E-state index in [0.29, 0.717) is 6.73 Å². The van der Waals surface area contributed by atoms with Gasteiger partial charge in [0, 0.05) is 20.2 Å². The zero-order chi connectivity index (χ0) is 8.81. The van der Waals surface area contributed by atoms with Crippen LogP contribution in [-0.2, 0) is 4.74 Å². The van der Waals surface area contributed by atoms with Crippen molar-refractivity contribution in [2.75, 3.05) is 26.9 Å². The van der Waals surface area contributed by atoms with E-state index < -0.39 is 0 Å². The van der Waals surface area contributed by atoms with Crippen LogP contribution in [0.5, 0.6) is 0 Å². The predicted octanol–water partition coefficient (Wildman–Crippen LogP) is 0.786. The molecule has 4 heteroatoms. The topological polar surface area (TPSA) is 41.6 Å². The average molecular weight is 172 g/mol. The van der Waals surface area contributed by atoms with Gasteiger partial charge in [-0.2, -0.15) is 0 Å². The Hall–Kier alpha value is -0.770. The lowest BCUT2D eigenvalue weighted by atomic mass is 10.1. The number of methoxy groups -OCH3 is 1. The van der Waals surface area contributed by atoms with Crippen LogP contribution in [0, 0.1) is 0 Å². The van der Waals surface area contributed by atoms with Crippen LogP contribution in [0.3, 0.4) is 0 Å². The summed E-state index contributed by atoms with van der Waals surface area (Å²) >= 11 is 0. The van der Waals surface area contributed by atoms with Crippen LogP contribution in [0.15, 0.2) is 0 Å². The number of likely N-dealkylation sites (tertiary alicyclic amines) is 1. The molecule has 0 aromatic carbocycles. The van der Waals surface area contributed by atoms with E-state index in [1.807, 2.05) is 4.90 Å². The van der Waals surface area contributed by atoms with Crippen molar-refractivity contribution < 1.29 is 9.53 Å². The van der Waals surface area contributed by atoms with Gasteiger partial charge in [0.05, 0.1) is 0 Å². The van der Waals surface area contributed by atoms with Gasteiger partial charge in [-0.25, -0.2) is 4.79 Å². The fraction of sp³-hybridized carbons (Fsp3) is 0.875. The van der Waals surface area contributed by atoms with Gasteiger partial charge in [-0.05, 0) is 19.3 Å². The maximum Gasteiger partial charge on any atom is 0.319 e. The van der Waals surface area contributed by atoms with Gasteiger partial charge in [0.1, 0.15) is 6.73 Å². The minimum atomic E-state index is -0.00319. The van der Waals surface area contributed by atoms with Gasteiger partial charge in [-0.15, -0.1) is 0 Å². The number of carbonyl (C=O) groups is 1. The first-order chi connectivity index (χ1) is 5.84. The van der Waals surface area contributed by atoms with Crippen molar-refractivity contribution in [2.45, 2.75) is 19.3 Å². The summed E-state index contributed by atoms with van der Waals surface area (Å²) in [6.45, 7) is 2.07. The summed E-state index contributed by atoms with van der Waals surface area (Å²) in [5.41, 5.74) is 0. The monoisotopic (exact) mass is 172 g/mol. The van der Waals surface area contributed by atoms with Gasteiger partial charge in [-0.1, -0.05) is 0 Å². The molecule has 1 aliphatic heterocycles. The number of urea groups is 1. The van der Waals surface area contributed by atoms with E-state index in [-0.39, 0.29) is 6.03 Å². The van der Waals surface area contributed by atoms with Crippen molar-refractivity contribution in [3.63, 3.8) is 0 Å². The second kappa shape index (κ2) is 4.98. The van der Waals surface area contributed by atoms with Crippen LogP contribution in [0.2, 0.25) is 0 Å². The molecule has 12 heavy (non-hydrogen) atoms. The Labute approximate surface area is 72.9 Å². The molecule has 1 rings (SSSR count). The molecule has 0 radical (unpaired) electrons. The number of piperidine rings is 1. The molecule has 0 saturated carbocycles. The lowest BCUT2D eigenvalue weighted by Gasteiger charge is -2.26. The number of hydrogen-bond donors (Lipinski definition) is 1. The smallest absolute Gasteiger partial charge is 0.319 e. The maximum absolute atomic E-state index is 11.3. The van der Waals surface area contributed by atoms with Crippen LogP contribution in [0.4, 0.5) is 4.79 Å². The minimum Gasteiger partial charge on any atom is -0.364 e. The largest absolute Gasteiger partial charge is 0.364 e. The van der Waals surface area contributed by atoms with E-state index in [0.717, 1.165) is 25.9 Å². The Kier molecular flexibility index (Phi) is 3.87. The highest BCUT2D eigenvalue weighted by molar-refractivity contribution is 5.74. The zero-order valence-corrected chi connectivity index (χ0v) is 7.51. The second-order valence-corrected chi connectivity index (χ2v) is 2.96. The molecule has 4 nitrogen and oxygen atoms in total. The van der Waals surface area contributed by atoms with E-state index in [1.54, 1.807) is 7.11 Å². The SMILES string of the molecule is COCNC(=O)N1CCCCC1. The summed E-state index contributed by atoms with van der Waals surface area (Å²) in [5, 5.41) is 2.67. The summed E-state index contributed by atoms with van der Waals surface area (Å²) in [5.74, 6) is 0. The number of rotatable bonds is 2. The highest BCUT2D eigenvalue weighted by Gasteiger charge is 2.14. The molecule has 0 aliphatic carbocycles. The zero-order valence-electron chi connectivity index (χ0n) is 7.51. The Morgan fingerprint density at radius 1 is 1.42 bits per heavy atom. The van der Waals surface area contributed by atoms with E-state index in [4.69, 9.17) is 4.74 Å². The lowest BCUT2D eigenvalue weighted by molar-refractivity contribution is 0.148. The minimum absolute atomic E-state index is 0.00319. The highest BCUT2D eigenvalue weighted by atomic mass is 16.5. The van der Waals surface area contributed by atoms with Crippen LogP contribution in [0.25, 0.3) is 0 Å². The molecule has 1 aliphatic rings. The Balaban J connectivity index is 2.20. The number of amides is 2. The summed E-state index contributed by atoms with van der Waals surface area (Å²) in [4.78, 5) is 13.1. The van der Waals surface area contributed by atoms with Crippen molar-refractivity contribution >= 4 is 6.03 Å². The van der Waals surface area contributed by atoms with Gasteiger partial charge in [-0.3, -0.25) is 0 Å². The highest BCUT2D eigenvalue weighted by Crippen LogP contribution is 2.07. The molecular formula is C8H16N2O2. The van der Waals surface area contributed by atoms with Crippen molar-refractivity contribution in [2.24, 2.45) is 0 Å². The van der Waals surface area contributed by atoms with E-state index in [2.05, 4.69) is 5.32 Å². The maximum atomic E-state index is 11.3. The quantitative estimate of drug-likeness (QED) is 0.625. The average Bonchev–Trinajstić information content (AvgIpc) is 2.15. The number of hydrogen-bond acceptors (Lipinski definition) is 2. The molecule has 1 saturated heterocycles. The van der Waals surface area contributed by atoms with Gasteiger partial charge < -0.3 is 15.0 Å². The number of nitrogens with one attached hydrogen (secondary N) is 1. The molecule has 1 heterocycles. The van der Waals surface area contributed by atoms with Gasteiger partial charge in [0.25, 0.3) is 0 Å². The summed E-state index contributed by atoms with van der Waals surface area (Å²) < 4.78 is 4.74. The fourth-order valence-corrected chi connectivity index (χ4v) is 1.34. The third kappa shape index (κ3) is 2.70. The van der Waals surface area contributed by atoms with Crippen molar-refractivity contribution in [1.29, 1.82) is 0 Å². The van der Waals surface area contributed by atoms with Crippen LogP contribution < -0.4 is 5.32 Å². The molecular weight excluding hydrogens is 156 g/mol. The normalized spacial score (nSPS) is 17.6. The molecule has 0 atom stereocenters. The third-order valence-corrected chi connectivity index (χ3v) is 2.01. The molecule has 0 aromatic heterocycles. The van der Waals surface area contributed by atoms with E-state index in [1.165, 1.54) is 6.42 Å². The Bertz CT molecular complexity index is 144. The lowest BCUT2D eigenvalue weighted by Crippen LogP contribution is -2.43. The first kappa shape index (κ1) is 9.32. The summed E-state index contributed by atoms with van der Waals surface area (Å²) in [6.07, 6.45) is 3.49. The van der Waals surface area contributed by atoms with Gasteiger partial charge in [0.15, 0.2) is 0 Å². The first-order valence-electron chi connectivity index (χ1n) is 4.36. The Morgan fingerprint density at radius 3 is 2.67 bits per heavy atom. The number of nitrogens with zero attached hydrogens (tertiary/aromatic N) is 1. The molecule has 0 unspecified atom stereocenters. The standard InChI is InChI=1S/C8H16N2O2/c1-12-7-9-8(11)10-5-3-2-4-6-10/h2-7H2,1H3,(H,9,11). The third-order valence-electron chi connectivity index (χ3n) is 2.01. The molecule has 1 fully saturated rings. The Morgan fingerprint density at radius 2 is 2.08 bits per heavy atom. The predicted molar refractivity (Wildman–Crippen MR) is 45.8 cm³/mol.